The molecule has 212 valence electrons. The van der Waals surface area contributed by atoms with Gasteiger partial charge in [-0.1, -0.05) is 23.3 Å². The van der Waals surface area contributed by atoms with Gasteiger partial charge >= 0.3 is 19.4 Å². The fourth-order valence-corrected chi connectivity index (χ4v) is 5.35. The first-order valence-electron chi connectivity index (χ1n) is 12.0. The average molecular weight is 567 g/mol. The summed E-state index contributed by atoms with van der Waals surface area (Å²) >= 11 is 0. The number of aromatic amines is 1. The van der Waals surface area contributed by atoms with Gasteiger partial charge in [-0.15, -0.1) is 0 Å². The smallest absolute Gasteiger partial charge is 0.459 e. The number of aromatic nitrogens is 2. The summed E-state index contributed by atoms with van der Waals surface area (Å²) in [5.41, 5.74) is 6.12. The van der Waals surface area contributed by atoms with E-state index in [2.05, 4.69) is 20.1 Å². The highest BCUT2D eigenvalue weighted by molar-refractivity contribution is 7.52. The van der Waals surface area contributed by atoms with Crippen molar-refractivity contribution in [1.29, 1.82) is 0 Å². The number of benzene rings is 1. The van der Waals surface area contributed by atoms with Gasteiger partial charge in [-0.05, 0) is 52.3 Å². The van der Waals surface area contributed by atoms with E-state index in [9.17, 15) is 24.1 Å². The zero-order valence-corrected chi connectivity index (χ0v) is 22.9. The predicted octanol–water partition coefficient (Wildman–Crippen LogP) is 2.31. The third kappa shape index (κ3) is 6.95. The molecule has 0 amide bonds. The largest absolute Gasteiger partial charge is 0.462 e. The summed E-state index contributed by atoms with van der Waals surface area (Å²) in [6.07, 6.45) is -3.40. The minimum atomic E-state index is -4.31. The van der Waals surface area contributed by atoms with Gasteiger partial charge in [0.1, 0.15) is 23.4 Å². The molecule has 1 aromatic carbocycles. The van der Waals surface area contributed by atoms with Crippen LogP contribution in [-0.2, 0) is 23.4 Å². The van der Waals surface area contributed by atoms with Gasteiger partial charge in [-0.3, -0.25) is 23.7 Å². The van der Waals surface area contributed by atoms with Crippen LogP contribution < -0.4 is 20.9 Å². The zero-order chi connectivity index (χ0) is 29.0. The van der Waals surface area contributed by atoms with Gasteiger partial charge in [0.2, 0.25) is 0 Å². The summed E-state index contributed by atoms with van der Waals surface area (Å²) in [4.78, 5) is 41.6. The van der Waals surface area contributed by atoms with Crippen molar-refractivity contribution in [2.75, 3.05) is 6.61 Å². The lowest BCUT2D eigenvalue weighted by Gasteiger charge is -2.28. The number of ether oxygens (including phenoxy) is 2. The Balaban J connectivity index is 1.89. The third-order valence-corrected chi connectivity index (χ3v) is 7.49. The van der Waals surface area contributed by atoms with E-state index in [0.29, 0.717) is 0 Å². The zero-order valence-electron chi connectivity index (χ0n) is 22.0. The number of nitrogens with zero attached hydrogens (tertiary/aromatic N) is 4. The molecule has 0 bridgehead atoms. The molecule has 1 saturated heterocycles. The number of hydrogen-bond donors (Lipinski definition) is 3. The van der Waals surface area contributed by atoms with Crippen molar-refractivity contribution in [3.8, 4) is 5.75 Å². The van der Waals surface area contributed by atoms with Gasteiger partial charge < -0.3 is 19.1 Å². The number of aliphatic hydroxyl groups excluding tert-OH is 1. The third-order valence-electron chi connectivity index (χ3n) is 5.85. The monoisotopic (exact) mass is 566 g/mol. The van der Waals surface area contributed by atoms with Gasteiger partial charge in [-0.2, -0.15) is 5.09 Å². The molecule has 1 fully saturated rings. The van der Waals surface area contributed by atoms with Crippen LogP contribution >= 0.6 is 7.75 Å². The van der Waals surface area contributed by atoms with E-state index < -0.39 is 67.7 Å². The molecule has 0 saturated carbocycles. The van der Waals surface area contributed by atoms with Crippen molar-refractivity contribution in [2.45, 2.75) is 70.7 Å². The second kappa shape index (κ2) is 12.2. The van der Waals surface area contributed by atoms with E-state index in [0.717, 1.165) is 4.57 Å². The number of carbonyl (C=O) groups is 1. The van der Waals surface area contributed by atoms with Crippen molar-refractivity contribution in [3.05, 3.63) is 73.4 Å². The molecule has 0 unspecified atom stereocenters. The fourth-order valence-electron chi connectivity index (χ4n) is 3.85. The van der Waals surface area contributed by atoms with E-state index >= 15 is 0 Å². The molecule has 3 N–H and O–H groups in total. The molecule has 1 aliphatic heterocycles. The molecule has 15 nitrogen and oxygen atoms in total. The average Bonchev–Trinajstić information content (AvgIpc) is 3.10. The molecule has 0 spiro atoms. The molecule has 1 aliphatic rings. The fraction of sp³-hybridized carbons (Fsp3) is 0.522. The SMILES string of the molecule is Cc1cn([C@@H]2O[C@H](CO[P@@](=O)(N[C@H](C)C(=O)OC(C)C)Oc3ccccc3)[C@@H](O)[C@@]2(C)N=[N+]=[N-])c(=O)[nH]c1=O. The molecule has 6 atom stereocenters. The van der Waals surface area contributed by atoms with Gasteiger partial charge in [0.25, 0.3) is 5.56 Å². The molecule has 16 heteroatoms. The summed E-state index contributed by atoms with van der Waals surface area (Å²) in [6, 6.07) is 6.93. The molecule has 3 rings (SSSR count). The van der Waals surface area contributed by atoms with E-state index in [4.69, 9.17) is 24.1 Å². The number of azide groups is 1. The van der Waals surface area contributed by atoms with Gasteiger partial charge in [0.15, 0.2) is 6.23 Å². The second-order valence-electron chi connectivity index (χ2n) is 9.40. The Morgan fingerprint density at radius 3 is 2.62 bits per heavy atom. The quantitative estimate of drug-likeness (QED) is 0.119. The maximum atomic E-state index is 13.7. The predicted molar refractivity (Wildman–Crippen MR) is 138 cm³/mol. The molecule has 2 heterocycles. The van der Waals surface area contributed by atoms with Crippen LogP contribution in [0.5, 0.6) is 5.75 Å². The topological polar surface area (TPSA) is 207 Å². The van der Waals surface area contributed by atoms with Crippen LogP contribution in [0.3, 0.4) is 0 Å². The van der Waals surface area contributed by atoms with Crippen LogP contribution in [-0.4, -0.2) is 57.1 Å². The minimum Gasteiger partial charge on any atom is -0.462 e. The maximum absolute atomic E-state index is 13.7. The summed E-state index contributed by atoms with van der Waals surface area (Å²) in [6.45, 7) is 6.97. The van der Waals surface area contributed by atoms with E-state index in [1.54, 1.807) is 32.0 Å². The number of carbonyl (C=O) groups excluding carboxylic acids is 1. The summed E-state index contributed by atoms with van der Waals surface area (Å²) < 4.78 is 36.9. The van der Waals surface area contributed by atoms with Crippen LogP contribution in [0.2, 0.25) is 0 Å². The van der Waals surface area contributed by atoms with E-state index in [1.165, 1.54) is 39.1 Å². The number of esters is 1. The second-order valence-corrected chi connectivity index (χ2v) is 11.1. The minimum absolute atomic E-state index is 0.165. The Kier molecular flexibility index (Phi) is 9.38. The number of para-hydroxylation sites is 1. The van der Waals surface area contributed by atoms with E-state index in [-0.39, 0.29) is 11.3 Å². The Labute approximate surface area is 223 Å². The molecule has 0 aliphatic carbocycles. The lowest BCUT2D eigenvalue weighted by atomic mass is 9.93. The first-order valence-corrected chi connectivity index (χ1v) is 13.5. The van der Waals surface area contributed by atoms with Crippen molar-refractivity contribution in [3.63, 3.8) is 0 Å². The van der Waals surface area contributed by atoms with Gasteiger partial charge in [-0.25, -0.2) is 9.36 Å². The standard InChI is InChI=1S/C23H31N6O9P/c1-13(2)36-20(32)15(4)26-39(34,38-16-9-7-6-8-10-16)35-12-17-18(30)23(5,27-28-24)21(37-17)29-11-14(3)19(31)25-22(29)33/h6-11,13,15,17-18,21,30H,12H2,1-5H3,(H,26,34)(H,25,31,33)/t15-,17-,18-,21-,23-,39+/m1/s1. The molecular formula is C23H31N6O9P. The van der Waals surface area contributed by atoms with E-state index in [1.807, 2.05) is 0 Å². The molecule has 0 radical (unpaired) electrons. The first-order chi connectivity index (χ1) is 18.3. The summed E-state index contributed by atoms with van der Waals surface area (Å²) in [7, 11) is -4.31. The van der Waals surface area contributed by atoms with Gasteiger partial charge in [0.05, 0.1) is 18.8 Å². The number of aliphatic hydroxyl groups is 1. The Morgan fingerprint density at radius 1 is 1.33 bits per heavy atom. The molecule has 39 heavy (non-hydrogen) atoms. The highest BCUT2D eigenvalue weighted by atomic mass is 31.2. The van der Waals surface area contributed by atoms with Crippen molar-refractivity contribution in [2.24, 2.45) is 5.11 Å². The van der Waals surface area contributed by atoms with Crippen LogP contribution in [0.15, 0.2) is 51.2 Å². The highest BCUT2D eigenvalue weighted by Gasteiger charge is 2.55. The number of nitrogens with one attached hydrogen (secondary N) is 2. The summed E-state index contributed by atoms with van der Waals surface area (Å²) in [5, 5.41) is 17.2. The maximum Gasteiger partial charge on any atom is 0.459 e. The van der Waals surface area contributed by atoms with Crippen molar-refractivity contribution >= 4 is 13.7 Å². The lowest BCUT2D eigenvalue weighted by molar-refractivity contribution is -0.149. The molecule has 2 aromatic rings. The Hall–Kier alpha value is -3.45. The van der Waals surface area contributed by atoms with Crippen LogP contribution in [0.1, 0.15) is 39.5 Å². The molecule has 1 aromatic heterocycles. The molecular weight excluding hydrogens is 535 g/mol. The van der Waals surface area contributed by atoms with Crippen LogP contribution in [0.25, 0.3) is 10.4 Å². The Bertz CT molecular complexity index is 1390. The summed E-state index contributed by atoms with van der Waals surface area (Å²) in [5.74, 6) is -0.538. The first kappa shape index (κ1) is 30.1. The van der Waals surface area contributed by atoms with Gasteiger partial charge in [0, 0.05) is 16.7 Å². The highest BCUT2D eigenvalue weighted by Crippen LogP contribution is 2.47. The Morgan fingerprint density at radius 2 is 2.00 bits per heavy atom. The van der Waals surface area contributed by atoms with Crippen LogP contribution in [0, 0.1) is 6.92 Å². The number of aryl methyl sites for hydroxylation is 1. The lowest BCUT2D eigenvalue weighted by Crippen LogP contribution is -2.45. The van der Waals surface area contributed by atoms with Crippen molar-refractivity contribution in [1.82, 2.24) is 14.6 Å². The normalized spacial score (nSPS) is 24.9. The van der Waals surface area contributed by atoms with Crippen molar-refractivity contribution < 1.29 is 33.0 Å². The number of hydrogen-bond acceptors (Lipinski definition) is 10. The van der Waals surface area contributed by atoms with Crippen LogP contribution in [0.4, 0.5) is 0 Å². The number of rotatable bonds is 11. The number of H-pyrrole nitrogens is 1.